The van der Waals surface area contributed by atoms with E-state index in [1.54, 1.807) is 44.2 Å². The molecule has 0 aromatic heterocycles. The Morgan fingerprint density at radius 2 is 1.71 bits per heavy atom. The van der Waals surface area contributed by atoms with Crippen LogP contribution in [-0.2, 0) is 13.6 Å². The molecule has 1 N–H and O–H groups in total. The van der Waals surface area contributed by atoms with Gasteiger partial charge in [-0.05, 0) is 26.0 Å². The Morgan fingerprint density at radius 1 is 1.19 bits per heavy atom. The molecule has 0 aliphatic rings. The minimum Gasteiger partial charge on any atom is -0.336 e. The Kier molecular flexibility index (Phi) is 7.71. The van der Waals surface area contributed by atoms with Crippen LogP contribution >= 0.6 is 30.8 Å². The van der Waals surface area contributed by atoms with Crippen LogP contribution in [0, 0.1) is 0 Å². The minimum absolute atomic E-state index is 0.148. The van der Waals surface area contributed by atoms with Crippen molar-refractivity contribution in [2.24, 2.45) is 0 Å². The predicted octanol–water partition coefficient (Wildman–Crippen LogP) is 3.81. The van der Waals surface area contributed by atoms with E-state index in [0.717, 1.165) is 0 Å². The second-order valence-electron chi connectivity index (χ2n) is 3.99. The van der Waals surface area contributed by atoms with Gasteiger partial charge in [0, 0.05) is 5.56 Å². The van der Waals surface area contributed by atoms with Crippen molar-refractivity contribution in [3.05, 3.63) is 35.9 Å². The largest absolute Gasteiger partial charge is 0.355 e. The minimum atomic E-state index is -3.66. The first-order chi connectivity index (χ1) is 9.94. The third-order valence-corrected chi connectivity index (χ3v) is 5.71. The van der Waals surface area contributed by atoms with Crippen LogP contribution < -0.4 is 5.32 Å². The zero-order valence-electron chi connectivity index (χ0n) is 11.8. The molecule has 118 valence electrons. The highest BCUT2D eigenvalue weighted by atomic mass is 35.5. The summed E-state index contributed by atoms with van der Waals surface area (Å²) < 4.78 is 23.1. The van der Waals surface area contributed by atoms with Crippen LogP contribution in [0.3, 0.4) is 0 Å². The van der Waals surface area contributed by atoms with Gasteiger partial charge in [0.05, 0.1) is 13.2 Å². The second-order valence-corrected chi connectivity index (χ2v) is 7.31. The number of nitrogens with one attached hydrogen (secondary N) is 1. The Balaban J connectivity index is 2.96. The highest BCUT2D eigenvalue weighted by molar-refractivity contribution is 7.55. The first kappa shape index (κ1) is 18.5. The van der Waals surface area contributed by atoms with Gasteiger partial charge in [0.1, 0.15) is 4.84 Å². The van der Waals surface area contributed by atoms with Crippen LogP contribution in [0.5, 0.6) is 0 Å². The van der Waals surface area contributed by atoms with Crippen LogP contribution in [0.25, 0.3) is 0 Å². The van der Waals surface area contributed by atoms with Gasteiger partial charge in [-0.15, -0.1) is 23.2 Å². The number of rotatable bonds is 8. The lowest BCUT2D eigenvalue weighted by molar-refractivity contribution is 0.0939. The average Bonchev–Trinajstić information content (AvgIpc) is 2.45. The number of carbonyl (C=O) groups excluding carboxylic acids is 1. The highest BCUT2D eigenvalue weighted by Gasteiger charge is 2.41. The Morgan fingerprint density at radius 3 is 2.14 bits per heavy atom. The molecule has 0 bridgehead atoms. The Bertz CT molecular complexity index is 488. The summed E-state index contributed by atoms with van der Waals surface area (Å²) in [5.74, 6) is -1.60. The number of carbonyl (C=O) groups is 1. The van der Waals surface area contributed by atoms with Crippen molar-refractivity contribution in [2.45, 2.75) is 24.5 Å². The third kappa shape index (κ3) is 5.28. The maximum atomic E-state index is 12.7. The Labute approximate surface area is 134 Å². The molecule has 0 aliphatic carbocycles. The summed E-state index contributed by atoms with van der Waals surface area (Å²) in [6.45, 7) is 3.63. The van der Waals surface area contributed by atoms with Crippen LogP contribution in [-0.4, -0.2) is 29.7 Å². The lowest BCUT2D eigenvalue weighted by Gasteiger charge is -2.27. The standard InChI is InChI=1S/C13H18Cl2NO4P/c1-3-19-21(18,20-4-2)13(11(14)15)16-12(17)10-8-6-5-7-9-10/h5-9,11,13H,3-4H2,1-2H3,(H,16,17)/t13-/m0/s1. The molecule has 1 atom stereocenters. The Hall–Kier alpha value is -0.580. The molecule has 5 nitrogen and oxygen atoms in total. The van der Waals surface area contributed by atoms with E-state index < -0.39 is 24.1 Å². The molecule has 0 heterocycles. The lowest BCUT2D eigenvalue weighted by Crippen LogP contribution is -2.40. The van der Waals surface area contributed by atoms with Gasteiger partial charge in [0.2, 0.25) is 0 Å². The molecule has 1 aromatic rings. The monoisotopic (exact) mass is 353 g/mol. The summed E-state index contributed by atoms with van der Waals surface area (Å²) in [5.41, 5.74) is 0.399. The fraction of sp³-hybridized carbons (Fsp3) is 0.462. The molecule has 0 unspecified atom stereocenters. The van der Waals surface area contributed by atoms with E-state index in [1.807, 2.05) is 0 Å². The SMILES string of the molecule is CCOP(=O)(OCC)[C@H](NC(=O)c1ccccc1)C(Cl)Cl. The van der Waals surface area contributed by atoms with Crippen molar-refractivity contribution in [2.75, 3.05) is 13.2 Å². The normalized spacial score (nSPS) is 13.2. The van der Waals surface area contributed by atoms with Crippen molar-refractivity contribution < 1.29 is 18.4 Å². The smallest absolute Gasteiger partial charge is 0.336 e. The van der Waals surface area contributed by atoms with Gasteiger partial charge >= 0.3 is 7.60 Å². The van der Waals surface area contributed by atoms with Crippen molar-refractivity contribution in [1.82, 2.24) is 5.32 Å². The molecule has 1 amide bonds. The topological polar surface area (TPSA) is 64.6 Å². The van der Waals surface area contributed by atoms with Gasteiger partial charge in [0.15, 0.2) is 5.78 Å². The maximum absolute atomic E-state index is 12.7. The summed E-state index contributed by atoms with van der Waals surface area (Å²) in [6.07, 6.45) is 0. The van der Waals surface area contributed by atoms with E-state index in [-0.39, 0.29) is 13.2 Å². The number of benzene rings is 1. The van der Waals surface area contributed by atoms with Gasteiger partial charge < -0.3 is 14.4 Å². The lowest BCUT2D eigenvalue weighted by atomic mass is 10.2. The van der Waals surface area contributed by atoms with E-state index >= 15 is 0 Å². The molecular formula is C13H18Cl2NO4P. The van der Waals surface area contributed by atoms with Crippen molar-refractivity contribution in [1.29, 1.82) is 0 Å². The molecule has 0 saturated carbocycles. The van der Waals surface area contributed by atoms with E-state index in [1.165, 1.54) is 0 Å². The fourth-order valence-corrected chi connectivity index (χ4v) is 4.27. The molecular weight excluding hydrogens is 336 g/mol. The van der Waals surface area contributed by atoms with Crippen molar-refractivity contribution >= 4 is 36.7 Å². The molecule has 0 fully saturated rings. The first-order valence-corrected chi connectivity index (χ1v) is 8.96. The zero-order valence-corrected chi connectivity index (χ0v) is 14.2. The number of hydrogen-bond acceptors (Lipinski definition) is 4. The molecule has 21 heavy (non-hydrogen) atoms. The third-order valence-electron chi connectivity index (χ3n) is 2.51. The number of alkyl halides is 2. The molecule has 1 aromatic carbocycles. The predicted molar refractivity (Wildman–Crippen MR) is 84.0 cm³/mol. The van der Waals surface area contributed by atoms with Gasteiger partial charge in [-0.25, -0.2) is 0 Å². The van der Waals surface area contributed by atoms with E-state index in [4.69, 9.17) is 32.2 Å². The molecule has 0 spiro atoms. The van der Waals surface area contributed by atoms with Gasteiger partial charge in [-0.3, -0.25) is 9.36 Å². The van der Waals surface area contributed by atoms with E-state index in [9.17, 15) is 9.36 Å². The average molecular weight is 354 g/mol. The van der Waals surface area contributed by atoms with Crippen molar-refractivity contribution in [3.8, 4) is 0 Å². The molecule has 0 aliphatic heterocycles. The maximum Gasteiger partial charge on any atom is 0.355 e. The van der Waals surface area contributed by atoms with Crippen LogP contribution in [0.1, 0.15) is 24.2 Å². The molecule has 8 heteroatoms. The quantitative estimate of drug-likeness (QED) is 0.570. The zero-order chi connectivity index (χ0) is 15.9. The van der Waals surface area contributed by atoms with E-state index in [0.29, 0.717) is 5.56 Å². The number of hydrogen-bond donors (Lipinski definition) is 1. The van der Waals surface area contributed by atoms with E-state index in [2.05, 4.69) is 5.32 Å². The summed E-state index contributed by atoms with van der Waals surface area (Å²) in [6, 6.07) is 8.46. The first-order valence-electron chi connectivity index (χ1n) is 6.47. The van der Waals surface area contributed by atoms with Gasteiger partial charge in [0.25, 0.3) is 5.91 Å². The molecule has 0 radical (unpaired) electrons. The molecule has 1 rings (SSSR count). The summed E-state index contributed by atoms with van der Waals surface area (Å²) in [4.78, 5) is 11.0. The summed E-state index contributed by atoms with van der Waals surface area (Å²) in [7, 11) is -3.66. The summed E-state index contributed by atoms with van der Waals surface area (Å²) in [5, 5.41) is 2.53. The molecule has 0 saturated heterocycles. The number of amides is 1. The van der Waals surface area contributed by atoms with Crippen LogP contribution in [0.15, 0.2) is 30.3 Å². The number of halogens is 2. The summed E-state index contributed by atoms with van der Waals surface area (Å²) >= 11 is 11.7. The van der Waals surface area contributed by atoms with Crippen LogP contribution in [0.4, 0.5) is 0 Å². The van der Waals surface area contributed by atoms with Crippen LogP contribution in [0.2, 0.25) is 0 Å². The highest BCUT2D eigenvalue weighted by Crippen LogP contribution is 2.54. The van der Waals surface area contributed by atoms with Gasteiger partial charge in [-0.2, -0.15) is 0 Å². The van der Waals surface area contributed by atoms with Gasteiger partial charge in [-0.1, -0.05) is 18.2 Å². The second kappa shape index (κ2) is 8.76. The fourth-order valence-electron chi connectivity index (χ4n) is 1.64. The van der Waals surface area contributed by atoms with Crippen molar-refractivity contribution in [3.63, 3.8) is 0 Å².